The maximum atomic E-state index is 4.43. The molecule has 0 bridgehead atoms. The fourth-order valence-electron chi connectivity index (χ4n) is 2.22. The van der Waals surface area contributed by atoms with E-state index in [1.54, 1.807) is 0 Å². The van der Waals surface area contributed by atoms with Gasteiger partial charge in [0.1, 0.15) is 5.82 Å². The number of aryl methyl sites for hydroxylation is 2. The molecule has 2 aromatic heterocycles. The van der Waals surface area contributed by atoms with E-state index >= 15 is 0 Å². The quantitative estimate of drug-likeness (QED) is 0.867. The molecule has 0 saturated carbocycles. The van der Waals surface area contributed by atoms with Gasteiger partial charge < -0.3 is 10.3 Å². The molecule has 2 rings (SSSR count). The highest BCUT2D eigenvalue weighted by Gasteiger charge is 2.13. The Morgan fingerprint density at radius 3 is 2.68 bits per heavy atom. The van der Waals surface area contributed by atoms with E-state index in [0.29, 0.717) is 5.92 Å². The van der Waals surface area contributed by atoms with Gasteiger partial charge in [-0.15, -0.1) is 0 Å². The average Bonchev–Trinajstić information content (AvgIpc) is 2.85. The number of aromatic nitrogens is 4. The Hall–Kier alpha value is -1.62. The molecule has 104 valence electrons. The van der Waals surface area contributed by atoms with Crippen LogP contribution in [0.15, 0.2) is 6.20 Å². The molecule has 0 aromatic carbocycles. The fourth-order valence-corrected chi connectivity index (χ4v) is 2.22. The standard InChI is InChI=1S/C14H23N5/c1-9(2)6-15-8-13-16-7-12(17-13)14-10(3)18-19(5)11(14)4/h7,9,15H,6,8H2,1-5H3,(H,16,17). The van der Waals surface area contributed by atoms with Crippen LogP contribution < -0.4 is 5.32 Å². The van der Waals surface area contributed by atoms with Crippen LogP contribution in [0.5, 0.6) is 0 Å². The summed E-state index contributed by atoms with van der Waals surface area (Å²) in [6, 6.07) is 0. The summed E-state index contributed by atoms with van der Waals surface area (Å²) in [4.78, 5) is 7.80. The Balaban J connectivity index is 2.12. The van der Waals surface area contributed by atoms with Crippen molar-refractivity contribution in [3.8, 4) is 11.3 Å². The van der Waals surface area contributed by atoms with E-state index in [2.05, 4.69) is 41.2 Å². The maximum Gasteiger partial charge on any atom is 0.120 e. The minimum Gasteiger partial charge on any atom is -0.341 e. The maximum absolute atomic E-state index is 4.43. The molecule has 2 heterocycles. The summed E-state index contributed by atoms with van der Waals surface area (Å²) in [5.41, 5.74) is 4.39. The van der Waals surface area contributed by atoms with Crippen LogP contribution in [0.1, 0.15) is 31.1 Å². The van der Waals surface area contributed by atoms with Gasteiger partial charge in [0, 0.05) is 18.3 Å². The van der Waals surface area contributed by atoms with E-state index in [0.717, 1.165) is 41.6 Å². The number of rotatable bonds is 5. The second-order valence-electron chi connectivity index (χ2n) is 5.44. The number of nitrogens with zero attached hydrogens (tertiary/aromatic N) is 3. The second-order valence-corrected chi connectivity index (χ2v) is 5.44. The number of H-pyrrole nitrogens is 1. The predicted octanol–water partition coefficient (Wildman–Crippen LogP) is 2.17. The molecular weight excluding hydrogens is 238 g/mol. The topological polar surface area (TPSA) is 58.5 Å². The normalized spacial score (nSPS) is 11.5. The average molecular weight is 261 g/mol. The first-order valence-electron chi connectivity index (χ1n) is 6.74. The lowest BCUT2D eigenvalue weighted by molar-refractivity contribution is 0.545. The van der Waals surface area contributed by atoms with E-state index in [4.69, 9.17) is 0 Å². The van der Waals surface area contributed by atoms with Crippen molar-refractivity contribution in [3.63, 3.8) is 0 Å². The van der Waals surface area contributed by atoms with Gasteiger partial charge in [-0.2, -0.15) is 5.10 Å². The number of nitrogens with one attached hydrogen (secondary N) is 2. The predicted molar refractivity (Wildman–Crippen MR) is 76.8 cm³/mol. The first kappa shape index (κ1) is 13.8. The van der Waals surface area contributed by atoms with Crippen molar-refractivity contribution in [2.75, 3.05) is 6.54 Å². The third-order valence-corrected chi connectivity index (χ3v) is 3.25. The van der Waals surface area contributed by atoms with E-state index in [1.807, 2.05) is 24.9 Å². The molecule has 0 unspecified atom stereocenters. The van der Waals surface area contributed by atoms with Gasteiger partial charge in [-0.25, -0.2) is 4.98 Å². The van der Waals surface area contributed by atoms with Gasteiger partial charge in [-0.1, -0.05) is 13.8 Å². The van der Waals surface area contributed by atoms with Gasteiger partial charge in [-0.3, -0.25) is 4.68 Å². The van der Waals surface area contributed by atoms with Crippen molar-refractivity contribution in [1.29, 1.82) is 0 Å². The number of aromatic amines is 1. The lowest BCUT2D eigenvalue weighted by Gasteiger charge is -2.05. The highest BCUT2D eigenvalue weighted by Crippen LogP contribution is 2.24. The summed E-state index contributed by atoms with van der Waals surface area (Å²) >= 11 is 0. The first-order chi connectivity index (χ1) is 8.99. The highest BCUT2D eigenvalue weighted by atomic mass is 15.3. The summed E-state index contributed by atoms with van der Waals surface area (Å²) in [7, 11) is 1.97. The van der Waals surface area contributed by atoms with Gasteiger partial charge >= 0.3 is 0 Å². The van der Waals surface area contributed by atoms with E-state index in [-0.39, 0.29) is 0 Å². The van der Waals surface area contributed by atoms with Crippen molar-refractivity contribution in [3.05, 3.63) is 23.4 Å². The van der Waals surface area contributed by atoms with Crippen LogP contribution in [-0.2, 0) is 13.6 Å². The summed E-state index contributed by atoms with van der Waals surface area (Å²) in [5.74, 6) is 1.62. The van der Waals surface area contributed by atoms with Crippen LogP contribution in [0.4, 0.5) is 0 Å². The largest absolute Gasteiger partial charge is 0.341 e. The van der Waals surface area contributed by atoms with Crippen LogP contribution in [0.3, 0.4) is 0 Å². The lowest BCUT2D eigenvalue weighted by atomic mass is 10.1. The summed E-state index contributed by atoms with van der Waals surface area (Å²) < 4.78 is 1.90. The smallest absolute Gasteiger partial charge is 0.120 e. The molecular formula is C14H23N5. The summed E-state index contributed by atoms with van der Waals surface area (Å²) in [5, 5.41) is 7.82. The Morgan fingerprint density at radius 2 is 2.11 bits per heavy atom. The first-order valence-corrected chi connectivity index (χ1v) is 6.74. The molecule has 0 aliphatic heterocycles. The number of hydrogen-bond donors (Lipinski definition) is 2. The van der Waals surface area contributed by atoms with Gasteiger partial charge in [0.2, 0.25) is 0 Å². The SMILES string of the molecule is Cc1nn(C)c(C)c1-c1cnc(CNCC(C)C)[nH]1. The molecule has 0 atom stereocenters. The van der Waals surface area contributed by atoms with Crippen molar-refractivity contribution in [1.82, 2.24) is 25.1 Å². The molecule has 2 aromatic rings. The lowest BCUT2D eigenvalue weighted by Crippen LogP contribution is -2.19. The molecule has 0 fully saturated rings. The monoisotopic (exact) mass is 261 g/mol. The minimum absolute atomic E-state index is 0.650. The molecule has 2 N–H and O–H groups in total. The molecule has 0 aliphatic rings. The third kappa shape index (κ3) is 3.04. The van der Waals surface area contributed by atoms with Gasteiger partial charge in [0.25, 0.3) is 0 Å². The van der Waals surface area contributed by atoms with E-state index in [1.165, 1.54) is 0 Å². The van der Waals surface area contributed by atoms with Crippen LogP contribution in [0.2, 0.25) is 0 Å². The highest BCUT2D eigenvalue weighted by molar-refractivity contribution is 5.64. The van der Waals surface area contributed by atoms with E-state index < -0.39 is 0 Å². The van der Waals surface area contributed by atoms with Crippen LogP contribution in [0, 0.1) is 19.8 Å². The van der Waals surface area contributed by atoms with Crippen LogP contribution in [-0.4, -0.2) is 26.3 Å². The minimum atomic E-state index is 0.650. The van der Waals surface area contributed by atoms with Crippen molar-refractivity contribution in [2.24, 2.45) is 13.0 Å². The van der Waals surface area contributed by atoms with Crippen molar-refractivity contribution < 1.29 is 0 Å². The van der Waals surface area contributed by atoms with Crippen molar-refractivity contribution in [2.45, 2.75) is 34.2 Å². The summed E-state index contributed by atoms with van der Waals surface area (Å²) in [6.07, 6.45) is 1.89. The Kier molecular flexibility index (Phi) is 4.04. The van der Waals surface area contributed by atoms with Gasteiger partial charge in [0.15, 0.2) is 0 Å². The Labute approximate surface area is 114 Å². The molecule has 0 aliphatic carbocycles. The molecule has 0 radical (unpaired) electrons. The number of hydrogen-bond acceptors (Lipinski definition) is 3. The number of imidazole rings is 1. The van der Waals surface area contributed by atoms with E-state index in [9.17, 15) is 0 Å². The molecule has 5 heteroatoms. The molecule has 0 amide bonds. The zero-order valence-electron chi connectivity index (χ0n) is 12.4. The molecule has 19 heavy (non-hydrogen) atoms. The molecule has 0 spiro atoms. The molecule has 5 nitrogen and oxygen atoms in total. The zero-order valence-corrected chi connectivity index (χ0v) is 12.4. The van der Waals surface area contributed by atoms with Gasteiger partial charge in [0.05, 0.1) is 24.1 Å². The fraction of sp³-hybridized carbons (Fsp3) is 0.571. The van der Waals surface area contributed by atoms with Crippen LogP contribution in [0.25, 0.3) is 11.3 Å². The third-order valence-electron chi connectivity index (χ3n) is 3.25. The second kappa shape index (κ2) is 5.57. The molecule has 0 saturated heterocycles. The Morgan fingerprint density at radius 1 is 1.37 bits per heavy atom. The van der Waals surface area contributed by atoms with Crippen molar-refractivity contribution >= 4 is 0 Å². The zero-order chi connectivity index (χ0) is 14.0. The van der Waals surface area contributed by atoms with Gasteiger partial charge in [-0.05, 0) is 26.3 Å². The van der Waals surface area contributed by atoms with Crippen LogP contribution >= 0.6 is 0 Å². The summed E-state index contributed by atoms with van der Waals surface area (Å²) in [6.45, 7) is 10.3. The Bertz CT molecular complexity index is 550.